The van der Waals surface area contributed by atoms with E-state index in [1.165, 1.54) is 18.4 Å². The third-order valence-electron chi connectivity index (χ3n) is 5.46. The molecule has 1 aromatic heterocycles. The summed E-state index contributed by atoms with van der Waals surface area (Å²) in [6.07, 6.45) is 2.43. The van der Waals surface area contributed by atoms with E-state index in [4.69, 9.17) is 4.98 Å². The molecule has 2 aromatic carbocycles. The van der Waals surface area contributed by atoms with Gasteiger partial charge in [0, 0.05) is 25.0 Å². The molecule has 2 heterocycles. The maximum atomic E-state index is 13.1. The topological polar surface area (TPSA) is 45.2 Å². The van der Waals surface area contributed by atoms with Crippen molar-refractivity contribution in [1.82, 2.24) is 10.3 Å². The highest BCUT2D eigenvalue weighted by Crippen LogP contribution is 2.26. The van der Waals surface area contributed by atoms with Crippen LogP contribution >= 0.6 is 0 Å². The van der Waals surface area contributed by atoms with Gasteiger partial charge in [-0.2, -0.15) is 0 Å². The van der Waals surface area contributed by atoms with Gasteiger partial charge in [-0.25, -0.2) is 4.98 Å². The molecule has 0 radical (unpaired) electrons. The highest BCUT2D eigenvalue weighted by molar-refractivity contribution is 6.07. The van der Waals surface area contributed by atoms with Crippen LogP contribution in [0.15, 0.2) is 54.6 Å². The molecule has 1 saturated heterocycles. The first-order chi connectivity index (χ1) is 13.6. The van der Waals surface area contributed by atoms with E-state index >= 15 is 0 Å². The summed E-state index contributed by atoms with van der Waals surface area (Å²) in [5, 5.41) is 3.99. The van der Waals surface area contributed by atoms with Crippen molar-refractivity contribution in [2.24, 2.45) is 5.92 Å². The number of aromatic nitrogens is 1. The Kier molecular flexibility index (Phi) is 5.29. The first-order valence-electron chi connectivity index (χ1n) is 10.1. The van der Waals surface area contributed by atoms with Crippen molar-refractivity contribution >= 4 is 22.6 Å². The van der Waals surface area contributed by atoms with Crippen molar-refractivity contribution in [3.63, 3.8) is 0 Å². The summed E-state index contributed by atoms with van der Waals surface area (Å²) >= 11 is 0. The summed E-state index contributed by atoms with van der Waals surface area (Å²) in [6.45, 7) is 6.86. The van der Waals surface area contributed by atoms with E-state index in [2.05, 4.69) is 36.2 Å². The number of carbonyl (C=O) groups excluding carboxylic acids is 1. The van der Waals surface area contributed by atoms with Crippen LogP contribution in [0.3, 0.4) is 0 Å². The molecule has 1 atom stereocenters. The van der Waals surface area contributed by atoms with Crippen LogP contribution in [0.5, 0.6) is 0 Å². The van der Waals surface area contributed by atoms with E-state index in [1.807, 2.05) is 42.5 Å². The third-order valence-corrected chi connectivity index (χ3v) is 5.46. The highest BCUT2D eigenvalue weighted by Gasteiger charge is 2.20. The molecule has 4 nitrogen and oxygen atoms in total. The lowest BCUT2D eigenvalue weighted by molar-refractivity contribution is 0.0952. The van der Waals surface area contributed by atoms with Gasteiger partial charge >= 0.3 is 0 Å². The molecule has 4 rings (SSSR count). The van der Waals surface area contributed by atoms with Gasteiger partial charge in [0.25, 0.3) is 5.91 Å². The number of carbonyl (C=O) groups is 1. The summed E-state index contributed by atoms with van der Waals surface area (Å²) in [5.74, 6) is 1.51. The fraction of sp³-hybridized carbons (Fsp3) is 0.333. The van der Waals surface area contributed by atoms with Crippen molar-refractivity contribution in [3.05, 3.63) is 71.3 Å². The number of fused-ring (bicyclic) bond motifs is 1. The lowest BCUT2D eigenvalue weighted by atomic mass is 10.00. The standard InChI is InChI=1S/C24H27N3O/c1-17-7-5-9-19(13-17)15-25-24(28)21-14-23(27-12-6-8-18(2)16-27)26-22-11-4-3-10-20(21)22/h3-5,7,9-11,13-14,18H,6,8,12,15-16H2,1-2H3,(H,25,28)/t18-/m1/s1. The van der Waals surface area contributed by atoms with Gasteiger partial charge < -0.3 is 10.2 Å². The second-order valence-corrected chi connectivity index (χ2v) is 7.91. The molecule has 4 heteroatoms. The molecular formula is C24H27N3O. The van der Waals surface area contributed by atoms with Crippen LogP contribution in [0.25, 0.3) is 10.9 Å². The van der Waals surface area contributed by atoms with Crippen LogP contribution in [0, 0.1) is 12.8 Å². The molecule has 0 bridgehead atoms. The minimum absolute atomic E-state index is 0.0496. The number of rotatable bonds is 4. The minimum atomic E-state index is -0.0496. The predicted molar refractivity (Wildman–Crippen MR) is 115 cm³/mol. The first-order valence-corrected chi connectivity index (χ1v) is 10.1. The zero-order chi connectivity index (χ0) is 19.5. The molecule has 1 aliphatic rings. The van der Waals surface area contributed by atoms with Crippen molar-refractivity contribution in [3.8, 4) is 0 Å². The van der Waals surface area contributed by atoms with Crippen LogP contribution in [0.2, 0.25) is 0 Å². The molecule has 0 spiro atoms. The molecule has 0 saturated carbocycles. The second kappa shape index (κ2) is 8.01. The Morgan fingerprint density at radius 3 is 2.86 bits per heavy atom. The molecule has 144 valence electrons. The van der Waals surface area contributed by atoms with E-state index in [9.17, 15) is 4.79 Å². The van der Waals surface area contributed by atoms with Crippen LogP contribution < -0.4 is 10.2 Å². The zero-order valence-electron chi connectivity index (χ0n) is 16.6. The number of hydrogen-bond donors (Lipinski definition) is 1. The molecule has 1 amide bonds. The van der Waals surface area contributed by atoms with E-state index in [1.54, 1.807) is 0 Å². The molecule has 1 fully saturated rings. The molecule has 1 aliphatic heterocycles. The summed E-state index contributed by atoms with van der Waals surface area (Å²) in [5.41, 5.74) is 3.88. The first kappa shape index (κ1) is 18.5. The normalized spacial score (nSPS) is 16.9. The fourth-order valence-electron chi connectivity index (χ4n) is 4.01. The molecule has 28 heavy (non-hydrogen) atoms. The number of para-hydroxylation sites is 1. The number of hydrogen-bond acceptors (Lipinski definition) is 3. The number of aryl methyl sites for hydroxylation is 1. The number of benzene rings is 2. The number of piperidine rings is 1. The lowest BCUT2D eigenvalue weighted by Crippen LogP contribution is -2.35. The summed E-state index contributed by atoms with van der Waals surface area (Å²) in [7, 11) is 0. The van der Waals surface area contributed by atoms with Crippen LogP contribution in [-0.2, 0) is 6.54 Å². The van der Waals surface area contributed by atoms with Gasteiger partial charge in [-0.05, 0) is 43.4 Å². The van der Waals surface area contributed by atoms with Gasteiger partial charge in [0.15, 0.2) is 0 Å². The van der Waals surface area contributed by atoms with Gasteiger partial charge in [-0.15, -0.1) is 0 Å². The molecule has 0 unspecified atom stereocenters. The third kappa shape index (κ3) is 4.01. The molecular weight excluding hydrogens is 346 g/mol. The van der Waals surface area contributed by atoms with Crippen molar-refractivity contribution in [2.75, 3.05) is 18.0 Å². The summed E-state index contributed by atoms with van der Waals surface area (Å²) in [4.78, 5) is 20.2. The van der Waals surface area contributed by atoms with E-state index in [-0.39, 0.29) is 5.91 Å². The Morgan fingerprint density at radius 1 is 1.18 bits per heavy atom. The van der Waals surface area contributed by atoms with E-state index < -0.39 is 0 Å². The van der Waals surface area contributed by atoms with Crippen LogP contribution in [-0.4, -0.2) is 24.0 Å². The largest absolute Gasteiger partial charge is 0.356 e. The van der Waals surface area contributed by atoms with E-state index in [0.29, 0.717) is 18.0 Å². The molecule has 3 aromatic rings. The lowest BCUT2D eigenvalue weighted by Gasteiger charge is -2.32. The van der Waals surface area contributed by atoms with Crippen molar-refractivity contribution in [2.45, 2.75) is 33.2 Å². The fourth-order valence-corrected chi connectivity index (χ4v) is 4.01. The quantitative estimate of drug-likeness (QED) is 0.720. The van der Waals surface area contributed by atoms with Gasteiger partial charge in [-0.3, -0.25) is 4.79 Å². The smallest absolute Gasteiger partial charge is 0.252 e. The minimum Gasteiger partial charge on any atom is -0.356 e. The highest BCUT2D eigenvalue weighted by atomic mass is 16.1. The average Bonchev–Trinajstić information content (AvgIpc) is 2.71. The Bertz CT molecular complexity index is 998. The molecule has 0 aliphatic carbocycles. The SMILES string of the molecule is Cc1cccc(CNC(=O)c2cc(N3CCC[C@@H](C)C3)nc3ccccc23)c1. The van der Waals surface area contributed by atoms with Gasteiger partial charge in [-0.1, -0.05) is 55.0 Å². The maximum absolute atomic E-state index is 13.1. The zero-order valence-corrected chi connectivity index (χ0v) is 16.6. The maximum Gasteiger partial charge on any atom is 0.252 e. The van der Waals surface area contributed by atoms with Gasteiger partial charge in [0.2, 0.25) is 0 Å². The number of nitrogens with zero attached hydrogens (tertiary/aromatic N) is 2. The summed E-state index contributed by atoms with van der Waals surface area (Å²) in [6, 6.07) is 18.1. The Labute approximate surface area is 166 Å². The van der Waals surface area contributed by atoms with Crippen molar-refractivity contribution in [1.29, 1.82) is 0 Å². The second-order valence-electron chi connectivity index (χ2n) is 7.91. The number of pyridine rings is 1. The Balaban J connectivity index is 1.63. The number of anilines is 1. The molecule has 1 N–H and O–H groups in total. The van der Waals surface area contributed by atoms with Gasteiger partial charge in [0.1, 0.15) is 5.82 Å². The monoisotopic (exact) mass is 373 g/mol. The van der Waals surface area contributed by atoms with Gasteiger partial charge in [0.05, 0.1) is 11.1 Å². The Morgan fingerprint density at radius 2 is 2.04 bits per heavy atom. The number of amides is 1. The predicted octanol–water partition coefficient (Wildman–Crippen LogP) is 4.71. The number of nitrogens with one attached hydrogen (secondary N) is 1. The van der Waals surface area contributed by atoms with Crippen molar-refractivity contribution < 1.29 is 4.79 Å². The van der Waals surface area contributed by atoms with E-state index in [0.717, 1.165) is 35.4 Å². The van der Waals surface area contributed by atoms with Crippen LogP contribution in [0.4, 0.5) is 5.82 Å². The Hall–Kier alpha value is -2.88. The summed E-state index contributed by atoms with van der Waals surface area (Å²) < 4.78 is 0. The van der Waals surface area contributed by atoms with Crippen LogP contribution in [0.1, 0.15) is 41.3 Å². The average molecular weight is 374 g/mol.